The van der Waals surface area contributed by atoms with Crippen molar-refractivity contribution in [1.82, 2.24) is 19.6 Å². The van der Waals surface area contributed by atoms with Gasteiger partial charge in [-0.2, -0.15) is 0 Å². The summed E-state index contributed by atoms with van der Waals surface area (Å²) in [6.45, 7) is 10.2. The van der Waals surface area contributed by atoms with Crippen LogP contribution in [0.5, 0.6) is 11.5 Å². The summed E-state index contributed by atoms with van der Waals surface area (Å²) >= 11 is 0. The Hall–Kier alpha value is -1.83. The molecule has 0 unspecified atom stereocenters. The van der Waals surface area contributed by atoms with Gasteiger partial charge in [0.1, 0.15) is 0 Å². The molecule has 7 nitrogen and oxygen atoms in total. The third kappa shape index (κ3) is 6.40. The smallest absolute Gasteiger partial charge is 0.226 e. The Morgan fingerprint density at radius 2 is 1.64 bits per heavy atom. The first-order valence-electron chi connectivity index (χ1n) is 12.7. The highest BCUT2D eigenvalue weighted by Crippen LogP contribution is 2.31. The third-order valence-corrected chi connectivity index (χ3v) is 7.60. The van der Waals surface area contributed by atoms with Crippen LogP contribution in [-0.2, 0) is 11.3 Å². The zero-order valence-electron chi connectivity index (χ0n) is 20.8. The number of hydrogen-bond acceptors (Lipinski definition) is 6. The van der Waals surface area contributed by atoms with Crippen molar-refractivity contribution in [3.05, 3.63) is 23.8 Å². The number of likely N-dealkylation sites (tertiary alicyclic amines) is 2. The quantitative estimate of drug-likeness (QED) is 0.626. The van der Waals surface area contributed by atoms with Crippen LogP contribution in [0.25, 0.3) is 0 Å². The molecule has 0 radical (unpaired) electrons. The lowest BCUT2D eigenvalue weighted by atomic mass is 9.87. The molecule has 0 aromatic heterocycles. The number of rotatable bonds is 7. The van der Waals surface area contributed by atoms with E-state index in [1.165, 1.54) is 12.0 Å². The number of piperidine rings is 2. The first kappa shape index (κ1) is 24.3. The maximum Gasteiger partial charge on any atom is 0.226 e. The number of likely N-dealkylation sites (N-methyl/N-ethyl adjacent to an activating group) is 1. The third-order valence-electron chi connectivity index (χ3n) is 7.60. The van der Waals surface area contributed by atoms with E-state index in [2.05, 4.69) is 38.8 Å². The van der Waals surface area contributed by atoms with Crippen molar-refractivity contribution < 1.29 is 14.3 Å². The summed E-state index contributed by atoms with van der Waals surface area (Å²) in [5.74, 6) is 2.54. The molecule has 0 aliphatic carbocycles. The molecule has 0 saturated carbocycles. The molecule has 3 aliphatic heterocycles. The molecule has 3 fully saturated rings. The van der Waals surface area contributed by atoms with E-state index in [-0.39, 0.29) is 5.92 Å². The molecule has 0 bridgehead atoms. The molecule has 184 valence electrons. The molecular formula is C26H42N4O3. The van der Waals surface area contributed by atoms with E-state index in [0.717, 1.165) is 96.2 Å². The molecule has 3 aliphatic rings. The number of carbonyl (C=O) groups is 1. The van der Waals surface area contributed by atoms with Crippen LogP contribution in [0.2, 0.25) is 0 Å². The van der Waals surface area contributed by atoms with E-state index in [9.17, 15) is 4.79 Å². The number of carbonyl (C=O) groups excluding carboxylic acids is 1. The molecule has 7 heteroatoms. The van der Waals surface area contributed by atoms with Crippen molar-refractivity contribution in [2.75, 3.05) is 80.2 Å². The molecule has 2 atom stereocenters. The van der Waals surface area contributed by atoms with Crippen LogP contribution in [0.4, 0.5) is 0 Å². The summed E-state index contributed by atoms with van der Waals surface area (Å²) in [6.07, 6.45) is 4.58. The predicted octanol–water partition coefficient (Wildman–Crippen LogP) is 2.40. The Morgan fingerprint density at radius 1 is 0.909 bits per heavy atom. The van der Waals surface area contributed by atoms with Gasteiger partial charge in [-0.3, -0.25) is 9.69 Å². The monoisotopic (exact) mass is 458 g/mol. The number of methoxy groups -OCH3 is 2. The Bertz CT molecular complexity index is 775. The van der Waals surface area contributed by atoms with Crippen molar-refractivity contribution in [1.29, 1.82) is 0 Å². The molecule has 1 amide bonds. The van der Waals surface area contributed by atoms with Gasteiger partial charge < -0.3 is 24.2 Å². The number of piperazine rings is 1. The zero-order valence-corrected chi connectivity index (χ0v) is 20.8. The minimum absolute atomic E-state index is 0.106. The van der Waals surface area contributed by atoms with Crippen molar-refractivity contribution >= 4 is 5.91 Å². The normalized spacial score (nSPS) is 25.7. The van der Waals surface area contributed by atoms with Crippen molar-refractivity contribution in [2.45, 2.75) is 32.2 Å². The molecule has 0 spiro atoms. The van der Waals surface area contributed by atoms with Crippen LogP contribution in [0, 0.1) is 11.8 Å². The van der Waals surface area contributed by atoms with Crippen LogP contribution in [0.3, 0.4) is 0 Å². The second kappa shape index (κ2) is 11.5. The number of hydrogen-bond donors (Lipinski definition) is 0. The number of nitrogens with zero attached hydrogens (tertiary/aromatic N) is 4. The highest BCUT2D eigenvalue weighted by molar-refractivity contribution is 5.79. The average Bonchev–Trinajstić information content (AvgIpc) is 2.85. The summed E-state index contributed by atoms with van der Waals surface area (Å²) < 4.78 is 10.9. The van der Waals surface area contributed by atoms with Gasteiger partial charge in [0.25, 0.3) is 0 Å². The fourth-order valence-electron chi connectivity index (χ4n) is 5.75. The Morgan fingerprint density at radius 3 is 2.33 bits per heavy atom. The highest BCUT2D eigenvalue weighted by atomic mass is 16.5. The van der Waals surface area contributed by atoms with Gasteiger partial charge in [0.05, 0.1) is 20.1 Å². The topological polar surface area (TPSA) is 48.5 Å². The average molecular weight is 459 g/mol. The molecule has 4 rings (SSSR count). The summed E-state index contributed by atoms with van der Waals surface area (Å²) in [6, 6.07) is 6.17. The van der Waals surface area contributed by atoms with Crippen LogP contribution in [-0.4, -0.2) is 106 Å². The van der Waals surface area contributed by atoms with Crippen molar-refractivity contribution in [3.8, 4) is 11.5 Å². The molecule has 1 aromatic rings. The number of benzene rings is 1. The number of amides is 1. The molecule has 33 heavy (non-hydrogen) atoms. The maximum atomic E-state index is 13.5. The van der Waals surface area contributed by atoms with Gasteiger partial charge in [-0.05, 0) is 56.3 Å². The lowest BCUT2D eigenvalue weighted by Gasteiger charge is -2.42. The highest BCUT2D eigenvalue weighted by Gasteiger charge is 2.35. The van der Waals surface area contributed by atoms with E-state index in [4.69, 9.17) is 9.47 Å². The van der Waals surface area contributed by atoms with Gasteiger partial charge in [-0.15, -0.1) is 0 Å². The fourth-order valence-corrected chi connectivity index (χ4v) is 5.75. The van der Waals surface area contributed by atoms with Gasteiger partial charge in [-0.1, -0.05) is 6.07 Å². The molecular weight excluding hydrogens is 416 g/mol. The van der Waals surface area contributed by atoms with Crippen molar-refractivity contribution in [3.63, 3.8) is 0 Å². The SMILES string of the molecule is COc1ccc(CN2C[C@@H](CN3CCN(C)CC3)C[C@@H](C(=O)N3CCCCC3)C2)cc1OC. The molecule has 3 saturated heterocycles. The minimum atomic E-state index is 0.106. The Balaban J connectivity index is 1.45. The van der Waals surface area contributed by atoms with E-state index in [1.54, 1.807) is 14.2 Å². The minimum Gasteiger partial charge on any atom is -0.493 e. The summed E-state index contributed by atoms with van der Waals surface area (Å²) in [7, 11) is 5.56. The molecule has 3 heterocycles. The number of ether oxygens (including phenoxy) is 2. The Labute approximate surface area is 199 Å². The summed E-state index contributed by atoms with van der Waals surface area (Å²) in [4.78, 5) is 23.1. The van der Waals surface area contributed by atoms with Crippen LogP contribution in [0.1, 0.15) is 31.2 Å². The van der Waals surface area contributed by atoms with Crippen LogP contribution >= 0.6 is 0 Å². The summed E-state index contributed by atoms with van der Waals surface area (Å²) in [5.41, 5.74) is 1.21. The van der Waals surface area contributed by atoms with E-state index >= 15 is 0 Å². The van der Waals surface area contributed by atoms with Gasteiger partial charge >= 0.3 is 0 Å². The first-order chi connectivity index (χ1) is 16.1. The second-order valence-corrected chi connectivity index (χ2v) is 10.2. The molecule has 0 N–H and O–H groups in total. The maximum absolute atomic E-state index is 13.5. The lowest BCUT2D eigenvalue weighted by Crippen LogP contribution is -2.52. The van der Waals surface area contributed by atoms with E-state index < -0.39 is 0 Å². The van der Waals surface area contributed by atoms with Gasteiger partial charge in [0, 0.05) is 65.4 Å². The van der Waals surface area contributed by atoms with E-state index in [0.29, 0.717) is 11.8 Å². The van der Waals surface area contributed by atoms with E-state index in [1.807, 2.05) is 6.07 Å². The standard InChI is InChI=1S/C26H42N4O3/c1-27-11-13-28(14-12-27)18-22-15-23(26(31)30-9-5-4-6-10-30)20-29(19-22)17-21-7-8-24(32-2)25(16-21)33-3/h7-8,16,22-23H,4-6,9-15,17-20H2,1-3H3/t22-,23-/m1/s1. The summed E-state index contributed by atoms with van der Waals surface area (Å²) in [5, 5.41) is 0. The largest absolute Gasteiger partial charge is 0.493 e. The zero-order chi connectivity index (χ0) is 23.2. The van der Waals surface area contributed by atoms with Gasteiger partial charge in [0.15, 0.2) is 11.5 Å². The molecule has 1 aromatic carbocycles. The predicted molar refractivity (Wildman–Crippen MR) is 131 cm³/mol. The van der Waals surface area contributed by atoms with Gasteiger partial charge in [-0.25, -0.2) is 0 Å². The van der Waals surface area contributed by atoms with Crippen LogP contribution < -0.4 is 9.47 Å². The van der Waals surface area contributed by atoms with Gasteiger partial charge in [0.2, 0.25) is 5.91 Å². The lowest BCUT2D eigenvalue weighted by molar-refractivity contribution is -0.139. The van der Waals surface area contributed by atoms with Crippen LogP contribution in [0.15, 0.2) is 18.2 Å². The fraction of sp³-hybridized carbons (Fsp3) is 0.731. The van der Waals surface area contributed by atoms with Crippen molar-refractivity contribution in [2.24, 2.45) is 11.8 Å². The second-order valence-electron chi connectivity index (χ2n) is 10.2. The first-order valence-corrected chi connectivity index (χ1v) is 12.7. The Kier molecular flexibility index (Phi) is 8.50.